The highest BCUT2D eigenvalue weighted by atomic mass is 35.5. The summed E-state index contributed by atoms with van der Waals surface area (Å²) in [7, 11) is 0. The van der Waals surface area contributed by atoms with Gasteiger partial charge in [-0.25, -0.2) is 0 Å². The molecule has 0 unspecified atom stereocenters. The van der Waals surface area contributed by atoms with Gasteiger partial charge in [-0.05, 0) is 0 Å². The fourth-order valence-electron chi connectivity index (χ4n) is 0.176. The summed E-state index contributed by atoms with van der Waals surface area (Å²) in [5, 5.41) is 0. The highest BCUT2D eigenvalue weighted by Gasteiger charge is 2.20. The van der Waals surface area contributed by atoms with Gasteiger partial charge in [0.25, 0.3) is 0 Å². The minimum absolute atomic E-state index is 1.11. The van der Waals surface area contributed by atoms with E-state index in [9.17, 15) is 4.79 Å². The summed E-state index contributed by atoms with van der Waals surface area (Å²) < 4.78 is 2.53. The van der Waals surface area contributed by atoms with E-state index in [0.29, 0.717) is 0 Å². The Kier molecular flexibility index (Phi) is 2.75. The van der Waals surface area contributed by atoms with Crippen molar-refractivity contribution >= 4 is 29.3 Å². The van der Waals surface area contributed by atoms with Crippen molar-refractivity contribution < 1.29 is 9.53 Å². The summed E-state index contributed by atoms with van der Waals surface area (Å²) in [6.45, 7) is 7.37. The predicted octanol–water partition coefficient (Wildman–Crippen LogP) is 2.19. The lowest BCUT2D eigenvalue weighted by molar-refractivity contribution is 0.142. The number of halogens is 2. The van der Waals surface area contributed by atoms with Gasteiger partial charge in [0, 0.05) is 6.92 Å². The molecule has 0 rings (SSSR count). The van der Waals surface area contributed by atoms with Crippen LogP contribution in [0.4, 0.5) is 4.79 Å². The highest BCUT2D eigenvalue weighted by molar-refractivity contribution is 6.47. The fraction of sp³-hybridized carbons (Fsp3) is 0.500. The van der Waals surface area contributed by atoms with Crippen molar-refractivity contribution in [1.29, 1.82) is 0 Å². The van der Waals surface area contributed by atoms with Gasteiger partial charge >= 0.3 is 6.09 Å². The van der Waals surface area contributed by atoms with Gasteiger partial charge in [-0.1, -0.05) is 23.2 Å². The van der Waals surface area contributed by atoms with E-state index >= 15 is 0 Å². The normalized spacial score (nSPS) is 10.0. The summed E-state index contributed by atoms with van der Waals surface area (Å²) in [5.41, 5.74) is 0. The number of carbonyl (C=O) groups excluding carboxylic acids is 1. The van der Waals surface area contributed by atoms with Gasteiger partial charge in [-0.15, -0.1) is 0 Å². The van der Waals surface area contributed by atoms with Crippen LogP contribution in [0.1, 0.15) is 6.92 Å². The molecule has 0 heterocycles. The first-order valence-corrected chi connectivity index (χ1v) is 2.69. The summed E-state index contributed by atoms with van der Waals surface area (Å²) >= 11 is 10.4. The topological polar surface area (TPSA) is 30.7 Å². The number of alkyl halides is 2. The number of ether oxygens (including phenoxy) is 1. The van der Waals surface area contributed by atoms with Crippen LogP contribution in [0.25, 0.3) is 4.85 Å². The Labute approximate surface area is 62.3 Å². The van der Waals surface area contributed by atoms with Crippen molar-refractivity contribution in [1.82, 2.24) is 0 Å². The molecule has 50 valence electrons. The lowest BCUT2D eigenvalue weighted by Gasteiger charge is -2.10. The molecule has 9 heavy (non-hydrogen) atoms. The van der Waals surface area contributed by atoms with Crippen LogP contribution in [0, 0.1) is 6.57 Å². The van der Waals surface area contributed by atoms with Crippen LogP contribution in [0.3, 0.4) is 0 Å². The highest BCUT2D eigenvalue weighted by Crippen LogP contribution is 2.21. The number of hydrogen-bond donors (Lipinski definition) is 0. The Morgan fingerprint density at radius 3 is 2.33 bits per heavy atom. The number of carbonyl (C=O) groups is 1. The van der Waals surface area contributed by atoms with Crippen LogP contribution < -0.4 is 0 Å². The third-order valence-electron chi connectivity index (χ3n) is 0.358. The van der Waals surface area contributed by atoms with E-state index in [1.165, 1.54) is 6.92 Å². The molecule has 0 aromatic carbocycles. The van der Waals surface area contributed by atoms with Crippen LogP contribution >= 0.6 is 23.2 Å². The monoisotopic (exact) mass is 167 g/mol. The van der Waals surface area contributed by atoms with Crippen LogP contribution in [-0.2, 0) is 4.74 Å². The van der Waals surface area contributed by atoms with Gasteiger partial charge in [0.2, 0.25) is 4.52 Å². The quantitative estimate of drug-likeness (QED) is 0.443. The molecule has 0 spiro atoms. The van der Waals surface area contributed by atoms with E-state index in [1.54, 1.807) is 0 Å². The first-order chi connectivity index (χ1) is 3.95. The van der Waals surface area contributed by atoms with Crippen LogP contribution in [0.5, 0.6) is 0 Å². The molecule has 0 radical (unpaired) electrons. The Balaban J connectivity index is 3.78. The zero-order valence-electron chi connectivity index (χ0n) is 4.52. The van der Waals surface area contributed by atoms with Gasteiger partial charge in [0.1, 0.15) is 6.57 Å². The number of nitrogens with zero attached hydrogens (tertiary/aromatic N) is 1. The number of rotatable bonds is 1. The first-order valence-electron chi connectivity index (χ1n) is 1.94. The molecule has 5 heteroatoms. The average molecular weight is 168 g/mol. The summed E-state index contributed by atoms with van der Waals surface area (Å²) in [6, 6.07) is 0. The Hall–Kier alpha value is -0.460. The standard InChI is InChI=1S/C4H3Cl2NO2/c1-4(5,6)9-3(8)7-2/h1H3. The van der Waals surface area contributed by atoms with Gasteiger partial charge in [-0.3, -0.25) is 4.79 Å². The molecule has 0 atom stereocenters. The number of amides is 1. The van der Waals surface area contributed by atoms with Crippen LogP contribution in [0.15, 0.2) is 0 Å². The van der Waals surface area contributed by atoms with Gasteiger partial charge in [0.05, 0.1) is 0 Å². The minimum Gasteiger partial charge on any atom is -0.453 e. The molecule has 0 saturated heterocycles. The molecule has 3 nitrogen and oxygen atoms in total. The van der Waals surface area contributed by atoms with E-state index < -0.39 is 10.6 Å². The smallest absolute Gasteiger partial charge is 0.453 e. The molecule has 0 saturated carbocycles. The minimum atomic E-state index is -1.60. The second-order valence-corrected chi connectivity index (χ2v) is 2.92. The average Bonchev–Trinajstić information content (AvgIpc) is 1.62. The molecule has 0 aromatic rings. The van der Waals surface area contributed by atoms with E-state index in [1.807, 2.05) is 0 Å². The van der Waals surface area contributed by atoms with E-state index in [4.69, 9.17) is 29.8 Å². The zero-order valence-corrected chi connectivity index (χ0v) is 6.03. The predicted molar refractivity (Wildman–Crippen MR) is 33.2 cm³/mol. The van der Waals surface area contributed by atoms with Crippen molar-refractivity contribution in [2.24, 2.45) is 0 Å². The number of hydrogen-bond acceptors (Lipinski definition) is 2. The molecule has 0 aromatic heterocycles. The lowest BCUT2D eigenvalue weighted by atomic mass is 10.8. The maximum atomic E-state index is 10.1. The maximum Gasteiger partial charge on any atom is 0.563 e. The third-order valence-corrected chi connectivity index (χ3v) is 0.512. The third kappa shape index (κ3) is 5.41. The van der Waals surface area contributed by atoms with Crippen LogP contribution in [0.2, 0.25) is 0 Å². The molecule has 0 aliphatic carbocycles. The van der Waals surface area contributed by atoms with E-state index in [0.717, 1.165) is 0 Å². The second kappa shape index (κ2) is 2.90. The molecule has 0 aliphatic rings. The van der Waals surface area contributed by atoms with Crippen molar-refractivity contribution in [2.75, 3.05) is 0 Å². The first kappa shape index (κ1) is 8.54. The SMILES string of the molecule is [C-]#[N+]C(=O)OC(C)(Cl)Cl. The van der Waals surface area contributed by atoms with Gasteiger partial charge < -0.3 is 4.74 Å². The van der Waals surface area contributed by atoms with Crippen molar-refractivity contribution in [3.8, 4) is 0 Å². The Bertz CT molecular complexity index is 155. The van der Waals surface area contributed by atoms with Gasteiger partial charge in [0.15, 0.2) is 0 Å². The molecular formula is C4H3Cl2NO2. The molecule has 1 amide bonds. The van der Waals surface area contributed by atoms with Crippen molar-refractivity contribution in [3.63, 3.8) is 0 Å². The Morgan fingerprint density at radius 1 is 1.78 bits per heavy atom. The molecule has 0 aliphatic heterocycles. The van der Waals surface area contributed by atoms with E-state index in [-0.39, 0.29) is 0 Å². The van der Waals surface area contributed by atoms with Crippen LogP contribution in [-0.4, -0.2) is 10.6 Å². The van der Waals surface area contributed by atoms with E-state index in [2.05, 4.69) is 9.58 Å². The molecule has 0 fully saturated rings. The summed E-state index contributed by atoms with van der Waals surface area (Å²) in [6.07, 6.45) is -1.11. The maximum absolute atomic E-state index is 10.1. The molecule has 0 bridgehead atoms. The van der Waals surface area contributed by atoms with Gasteiger partial charge in [-0.2, -0.15) is 4.85 Å². The zero-order chi connectivity index (χ0) is 7.49. The largest absolute Gasteiger partial charge is 0.563 e. The Morgan fingerprint density at radius 2 is 2.22 bits per heavy atom. The summed E-state index contributed by atoms with van der Waals surface area (Å²) in [5.74, 6) is 0. The molecular weight excluding hydrogens is 165 g/mol. The second-order valence-electron chi connectivity index (χ2n) is 1.29. The summed E-state index contributed by atoms with van der Waals surface area (Å²) in [4.78, 5) is 12.5. The lowest BCUT2D eigenvalue weighted by Crippen LogP contribution is -2.14. The molecule has 0 N–H and O–H groups in total. The fourth-order valence-corrected chi connectivity index (χ4v) is 0.308. The van der Waals surface area contributed by atoms with Crippen molar-refractivity contribution in [3.05, 3.63) is 11.4 Å². The van der Waals surface area contributed by atoms with Crippen molar-refractivity contribution in [2.45, 2.75) is 11.4 Å².